The van der Waals surface area contributed by atoms with E-state index in [9.17, 15) is 4.79 Å². The summed E-state index contributed by atoms with van der Waals surface area (Å²) in [6, 6.07) is 6.09. The lowest BCUT2D eigenvalue weighted by atomic mass is 9.80. The molecule has 0 fully saturated rings. The first-order chi connectivity index (χ1) is 8.86. The van der Waals surface area contributed by atoms with Gasteiger partial charge in [-0.15, -0.1) is 0 Å². The molecule has 1 aliphatic rings. The minimum atomic E-state index is 0.105. The van der Waals surface area contributed by atoms with Crippen molar-refractivity contribution in [2.24, 2.45) is 11.3 Å². The van der Waals surface area contributed by atoms with Crippen molar-refractivity contribution < 1.29 is 4.79 Å². The minimum Gasteiger partial charge on any atom is -0.384 e. The molecular weight excluding hydrogens is 236 g/mol. The van der Waals surface area contributed by atoms with Crippen LogP contribution < -0.4 is 10.6 Å². The monoisotopic (exact) mass is 260 g/mol. The van der Waals surface area contributed by atoms with E-state index in [1.807, 2.05) is 12.1 Å². The van der Waals surface area contributed by atoms with Gasteiger partial charge < -0.3 is 10.6 Å². The number of hydrogen-bond acceptors (Lipinski definition) is 2. The van der Waals surface area contributed by atoms with E-state index in [1.54, 1.807) is 0 Å². The Hall–Kier alpha value is -1.51. The molecule has 2 rings (SSSR count). The molecule has 1 unspecified atom stereocenters. The standard InChI is InChI=1S/C16H24N2O/c1-11(16(2,3)4)9-15(19)18-13-5-6-14-12(10-13)7-8-17-14/h5-6,10-11,17H,7-9H2,1-4H3,(H,18,19). The van der Waals surface area contributed by atoms with Crippen molar-refractivity contribution in [3.05, 3.63) is 23.8 Å². The number of nitrogens with one attached hydrogen (secondary N) is 2. The van der Waals surface area contributed by atoms with Crippen LogP contribution in [0.4, 0.5) is 11.4 Å². The summed E-state index contributed by atoms with van der Waals surface area (Å²) < 4.78 is 0. The molecule has 1 heterocycles. The Morgan fingerprint density at radius 3 is 2.84 bits per heavy atom. The van der Waals surface area contributed by atoms with Gasteiger partial charge in [-0.3, -0.25) is 4.79 Å². The van der Waals surface area contributed by atoms with Crippen LogP contribution in [0.2, 0.25) is 0 Å². The lowest BCUT2D eigenvalue weighted by molar-refractivity contribution is -0.117. The highest BCUT2D eigenvalue weighted by Crippen LogP contribution is 2.29. The van der Waals surface area contributed by atoms with Crippen molar-refractivity contribution in [1.29, 1.82) is 0 Å². The Kier molecular flexibility index (Phi) is 3.83. The van der Waals surface area contributed by atoms with E-state index in [1.165, 1.54) is 11.3 Å². The molecule has 3 nitrogen and oxygen atoms in total. The highest BCUT2D eigenvalue weighted by atomic mass is 16.1. The Balaban J connectivity index is 1.96. The number of benzene rings is 1. The average molecular weight is 260 g/mol. The SMILES string of the molecule is CC(CC(=O)Nc1ccc2c(c1)CCN2)C(C)(C)C. The zero-order valence-corrected chi connectivity index (χ0v) is 12.3. The van der Waals surface area contributed by atoms with Gasteiger partial charge in [-0.1, -0.05) is 27.7 Å². The molecule has 0 saturated carbocycles. The molecule has 0 spiro atoms. The molecule has 0 aromatic heterocycles. The number of anilines is 2. The maximum Gasteiger partial charge on any atom is 0.224 e. The Morgan fingerprint density at radius 1 is 1.42 bits per heavy atom. The van der Waals surface area contributed by atoms with E-state index < -0.39 is 0 Å². The summed E-state index contributed by atoms with van der Waals surface area (Å²) in [6.07, 6.45) is 1.61. The van der Waals surface area contributed by atoms with Crippen molar-refractivity contribution in [3.63, 3.8) is 0 Å². The van der Waals surface area contributed by atoms with Gasteiger partial charge in [-0.25, -0.2) is 0 Å². The van der Waals surface area contributed by atoms with Gasteiger partial charge in [0, 0.05) is 24.3 Å². The van der Waals surface area contributed by atoms with Gasteiger partial charge in [0.05, 0.1) is 0 Å². The van der Waals surface area contributed by atoms with Crippen molar-refractivity contribution in [2.75, 3.05) is 17.2 Å². The van der Waals surface area contributed by atoms with Gasteiger partial charge in [-0.05, 0) is 41.5 Å². The van der Waals surface area contributed by atoms with E-state index >= 15 is 0 Å². The summed E-state index contributed by atoms with van der Waals surface area (Å²) in [5.41, 5.74) is 3.57. The zero-order valence-electron chi connectivity index (χ0n) is 12.3. The maximum absolute atomic E-state index is 12.0. The van der Waals surface area contributed by atoms with Crippen LogP contribution in [0.25, 0.3) is 0 Å². The topological polar surface area (TPSA) is 41.1 Å². The number of hydrogen-bond donors (Lipinski definition) is 2. The van der Waals surface area contributed by atoms with E-state index in [2.05, 4.69) is 44.4 Å². The van der Waals surface area contributed by atoms with E-state index in [0.717, 1.165) is 18.7 Å². The van der Waals surface area contributed by atoms with Crippen LogP contribution >= 0.6 is 0 Å². The molecule has 1 amide bonds. The first-order valence-corrected chi connectivity index (χ1v) is 7.03. The Labute approximate surface area is 115 Å². The third kappa shape index (κ3) is 3.49. The molecule has 0 bridgehead atoms. The predicted octanol–water partition coefficient (Wildman–Crippen LogP) is 3.67. The van der Waals surface area contributed by atoms with Gasteiger partial charge in [-0.2, -0.15) is 0 Å². The lowest BCUT2D eigenvalue weighted by Gasteiger charge is -2.26. The molecule has 1 atom stereocenters. The second-order valence-electron chi connectivity index (χ2n) is 6.57. The highest BCUT2D eigenvalue weighted by molar-refractivity contribution is 5.91. The molecular formula is C16H24N2O. The Bertz CT molecular complexity index is 474. The lowest BCUT2D eigenvalue weighted by Crippen LogP contribution is -2.23. The predicted molar refractivity (Wildman–Crippen MR) is 80.5 cm³/mol. The summed E-state index contributed by atoms with van der Waals surface area (Å²) >= 11 is 0. The average Bonchev–Trinajstić information content (AvgIpc) is 2.74. The summed E-state index contributed by atoms with van der Waals surface area (Å²) in [4.78, 5) is 12.0. The first kappa shape index (κ1) is 13.9. The van der Waals surface area contributed by atoms with Gasteiger partial charge in [0.2, 0.25) is 5.91 Å². The van der Waals surface area contributed by atoms with E-state index in [4.69, 9.17) is 0 Å². The number of fused-ring (bicyclic) bond motifs is 1. The van der Waals surface area contributed by atoms with Crippen LogP contribution in [-0.4, -0.2) is 12.5 Å². The molecule has 3 heteroatoms. The normalized spacial score (nSPS) is 15.6. The van der Waals surface area contributed by atoms with E-state index in [-0.39, 0.29) is 11.3 Å². The molecule has 1 aliphatic heterocycles. The van der Waals surface area contributed by atoms with Crippen LogP contribution in [0, 0.1) is 11.3 Å². The maximum atomic E-state index is 12.0. The Morgan fingerprint density at radius 2 is 2.16 bits per heavy atom. The van der Waals surface area contributed by atoms with Gasteiger partial charge in [0.1, 0.15) is 0 Å². The fraction of sp³-hybridized carbons (Fsp3) is 0.562. The molecule has 1 aromatic carbocycles. The number of rotatable bonds is 3. The van der Waals surface area contributed by atoms with Crippen LogP contribution in [0.1, 0.15) is 39.7 Å². The summed E-state index contributed by atoms with van der Waals surface area (Å²) in [7, 11) is 0. The second-order valence-corrected chi connectivity index (χ2v) is 6.57. The minimum absolute atomic E-state index is 0.105. The van der Waals surface area contributed by atoms with Crippen LogP contribution in [0.5, 0.6) is 0 Å². The van der Waals surface area contributed by atoms with Crippen LogP contribution in [-0.2, 0) is 11.2 Å². The third-order valence-electron chi connectivity index (χ3n) is 4.07. The fourth-order valence-corrected chi connectivity index (χ4v) is 2.18. The van der Waals surface area contributed by atoms with Crippen LogP contribution in [0.3, 0.4) is 0 Å². The third-order valence-corrected chi connectivity index (χ3v) is 4.07. The number of carbonyl (C=O) groups excluding carboxylic acids is 1. The largest absolute Gasteiger partial charge is 0.384 e. The molecule has 0 aliphatic carbocycles. The smallest absolute Gasteiger partial charge is 0.224 e. The summed E-state index contributed by atoms with van der Waals surface area (Å²) in [5, 5.41) is 6.33. The van der Waals surface area contributed by atoms with Gasteiger partial charge >= 0.3 is 0 Å². The summed E-state index contributed by atoms with van der Waals surface area (Å²) in [5.74, 6) is 0.469. The highest BCUT2D eigenvalue weighted by Gasteiger charge is 2.22. The van der Waals surface area contributed by atoms with Gasteiger partial charge in [0.25, 0.3) is 0 Å². The first-order valence-electron chi connectivity index (χ1n) is 7.03. The fourth-order valence-electron chi connectivity index (χ4n) is 2.18. The molecule has 0 saturated heterocycles. The number of amides is 1. The van der Waals surface area contributed by atoms with Crippen molar-refractivity contribution >= 4 is 17.3 Å². The molecule has 0 radical (unpaired) electrons. The molecule has 104 valence electrons. The van der Waals surface area contributed by atoms with Crippen molar-refractivity contribution in [2.45, 2.75) is 40.5 Å². The molecule has 19 heavy (non-hydrogen) atoms. The second kappa shape index (κ2) is 5.24. The van der Waals surface area contributed by atoms with Crippen molar-refractivity contribution in [1.82, 2.24) is 0 Å². The molecule has 2 N–H and O–H groups in total. The summed E-state index contributed by atoms with van der Waals surface area (Å²) in [6.45, 7) is 9.64. The zero-order chi connectivity index (χ0) is 14.0. The molecule has 1 aromatic rings. The van der Waals surface area contributed by atoms with Crippen molar-refractivity contribution in [3.8, 4) is 0 Å². The van der Waals surface area contributed by atoms with Gasteiger partial charge in [0.15, 0.2) is 0 Å². The number of carbonyl (C=O) groups is 1. The van der Waals surface area contributed by atoms with E-state index in [0.29, 0.717) is 12.3 Å². The quantitative estimate of drug-likeness (QED) is 0.870. The van der Waals surface area contributed by atoms with Crippen LogP contribution in [0.15, 0.2) is 18.2 Å².